The van der Waals surface area contributed by atoms with Crippen LogP contribution in [0.4, 0.5) is 5.69 Å². The molecule has 6 nitrogen and oxygen atoms in total. The zero-order valence-electron chi connectivity index (χ0n) is 9.97. The van der Waals surface area contributed by atoms with Gasteiger partial charge in [-0.15, -0.1) is 11.6 Å². The fraction of sp³-hybridized carbons (Fsp3) is 0.333. The van der Waals surface area contributed by atoms with Crippen molar-refractivity contribution in [1.29, 1.82) is 0 Å². The van der Waals surface area contributed by atoms with Crippen molar-refractivity contribution < 1.29 is 24.9 Å². The van der Waals surface area contributed by atoms with Crippen molar-refractivity contribution in [3.05, 3.63) is 29.3 Å². The van der Waals surface area contributed by atoms with E-state index in [0.717, 1.165) is 0 Å². The molecule has 19 heavy (non-hydrogen) atoms. The Balaban J connectivity index is 2.89. The van der Waals surface area contributed by atoms with Gasteiger partial charge in [-0.2, -0.15) is 0 Å². The van der Waals surface area contributed by atoms with Crippen molar-refractivity contribution in [1.82, 2.24) is 0 Å². The maximum absolute atomic E-state index is 11.1. The minimum absolute atomic E-state index is 0.0654. The molecule has 7 heteroatoms. The number of anilines is 1. The van der Waals surface area contributed by atoms with Crippen LogP contribution < -0.4 is 5.32 Å². The van der Waals surface area contributed by atoms with Crippen molar-refractivity contribution >= 4 is 29.2 Å². The summed E-state index contributed by atoms with van der Waals surface area (Å²) in [5.74, 6) is -2.23. The number of halogens is 1. The summed E-state index contributed by atoms with van der Waals surface area (Å²) < 4.78 is 0. The van der Waals surface area contributed by atoms with Gasteiger partial charge in [0.05, 0.1) is 24.0 Å². The minimum Gasteiger partial charge on any atom is -0.481 e. The molecule has 104 valence electrons. The van der Waals surface area contributed by atoms with Crippen LogP contribution >= 0.6 is 11.6 Å². The van der Waals surface area contributed by atoms with Crippen molar-refractivity contribution in [2.75, 3.05) is 17.7 Å². The van der Waals surface area contributed by atoms with Crippen LogP contribution in [0.15, 0.2) is 18.2 Å². The summed E-state index contributed by atoms with van der Waals surface area (Å²) in [5.41, 5.74) is 0.631. The van der Waals surface area contributed by atoms with E-state index in [1.54, 1.807) is 6.07 Å². The molecule has 4 N–H and O–H groups in total. The van der Waals surface area contributed by atoms with E-state index >= 15 is 0 Å². The minimum atomic E-state index is -1.20. The van der Waals surface area contributed by atoms with Crippen molar-refractivity contribution in [2.24, 2.45) is 0 Å². The molecule has 0 aliphatic carbocycles. The molecule has 0 heterocycles. The van der Waals surface area contributed by atoms with Gasteiger partial charge in [0.1, 0.15) is 0 Å². The van der Waals surface area contributed by atoms with Gasteiger partial charge >= 0.3 is 11.9 Å². The first kappa shape index (κ1) is 15.3. The van der Waals surface area contributed by atoms with Crippen LogP contribution in [0.3, 0.4) is 0 Å². The summed E-state index contributed by atoms with van der Waals surface area (Å²) in [6, 6.07) is 4.33. The molecule has 1 rings (SSSR count). The summed E-state index contributed by atoms with van der Waals surface area (Å²) in [4.78, 5) is 21.7. The van der Waals surface area contributed by atoms with E-state index in [4.69, 9.17) is 21.8 Å². The molecular formula is C12H14ClNO5. The van der Waals surface area contributed by atoms with Crippen LogP contribution in [0, 0.1) is 0 Å². The molecule has 0 saturated carbocycles. The second-order valence-electron chi connectivity index (χ2n) is 3.94. The van der Waals surface area contributed by atoms with E-state index in [9.17, 15) is 14.7 Å². The molecule has 0 aliphatic heterocycles. The van der Waals surface area contributed by atoms with Crippen LogP contribution in [-0.4, -0.2) is 45.8 Å². The Bertz CT molecular complexity index is 477. The first-order chi connectivity index (χ1) is 8.93. The molecule has 0 spiro atoms. The Morgan fingerprint density at radius 2 is 2.00 bits per heavy atom. The predicted molar refractivity (Wildman–Crippen MR) is 70.0 cm³/mol. The molecule has 0 bridgehead atoms. The number of hydrogen-bond acceptors (Lipinski definition) is 4. The number of carbonyl (C=O) groups is 2. The van der Waals surface area contributed by atoms with Crippen molar-refractivity contribution in [2.45, 2.75) is 12.5 Å². The van der Waals surface area contributed by atoms with E-state index in [1.165, 1.54) is 12.1 Å². The zero-order valence-corrected chi connectivity index (χ0v) is 10.7. The Labute approximate surface area is 114 Å². The number of aliphatic hydroxyl groups is 1. The highest BCUT2D eigenvalue weighted by molar-refractivity contribution is 6.18. The van der Waals surface area contributed by atoms with Crippen LogP contribution in [0.1, 0.15) is 15.9 Å². The summed E-state index contributed by atoms with van der Waals surface area (Å²) >= 11 is 5.43. The highest BCUT2D eigenvalue weighted by Crippen LogP contribution is 2.17. The number of aliphatic carboxylic acids is 1. The average Bonchev–Trinajstić information content (AvgIpc) is 2.36. The third-order valence-corrected chi connectivity index (χ3v) is 2.76. The van der Waals surface area contributed by atoms with Crippen LogP contribution in [-0.2, 0) is 11.2 Å². The Hall–Kier alpha value is -1.79. The number of hydrogen-bond donors (Lipinski definition) is 4. The van der Waals surface area contributed by atoms with Crippen LogP contribution in [0.5, 0.6) is 0 Å². The number of carboxylic acid groups (broad SMARTS) is 2. The largest absolute Gasteiger partial charge is 0.481 e. The SMILES string of the molecule is O=C(O)Cc1ccc(NCC(O)CCl)cc1C(=O)O. The smallest absolute Gasteiger partial charge is 0.336 e. The number of aromatic carboxylic acids is 1. The molecule has 0 aromatic heterocycles. The fourth-order valence-electron chi connectivity index (χ4n) is 1.49. The molecule has 1 unspecified atom stereocenters. The molecule has 1 atom stereocenters. The average molecular weight is 288 g/mol. The van der Waals surface area contributed by atoms with Gasteiger partial charge in [0, 0.05) is 12.2 Å². The topological polar surface area (TPSA) is 107 Å². The monoisotopic (exact) mass is 287 g/mol. The van der Waals surface area contributed by atoms with E-state index < -0.39 is 18.0 Å². The summed E-state index contributed by atoms with van der Waals surface area (Å²) in [6.07, 6.45) is -1.10. The number of rotatable bonds is 7. The number of aliphatic hydroxyl groups excluding tert-OH is 1. The van der Waals surface area contributed by atoms with Gasteiger partial charge < -0.3 is 20.6 Å². The van der Waals surface area contributed by atoms with Crippen molar-refractivity contribution in [3.8, 4) is 0 Å². The Kier molecular flexibility index (Phi) is 5.59. The number of nitrogens with one attached hydrogen (secondary N) is 1. The summed E-state index contributed by atoms with van der Waals surface area (Å²) in [7, 11) is 0. The van der Waals surface area contributed by atoms with Gasteiger partial charge in [-0.25, -0.2) is 4.79 Å². The summed E-state index contributed by atoms with van der Waals surface area (Å²) in [5, 5.41) is 29.8. The highest BCUT2D eigenvalue weighted by Gasteiger charge is 2.13. The molecule has 0 fully saturated rings. The molecule has 1 aromatic rings. The first-order valence-corrected chi connectivity index (χ1v) is 6.03. The molecular weight excluding hydrogens is 274 g/mol. The zero-order chi connectivity index (χ0) is 14.4. The molecule has 0 saturated heterocycles. The van der Waals surface area contributed by atoms with Crippen LogP contribution in [0.25, 0.3) is 0 Å². The lowest BCUT2D eigenvalue weighted by atomic mass is 10.0. The third kappa shape index (κ3) is 4.76. The van der Waals surface area contributed by atoms with Gasteiger partial charge in [-0.3, -0.25) is 4.79 Å². The quantitative estimate of drug-likeness (QED) is 0.558. The van der Waals surface area contributed by atoms with Gasteiger partial charge in [0.2, 0.25) is 0 Å². The lowest BCUT2D eigenvalue weighted by Gasteiger charge is -2.12. The molecule has 0 amide bonds. The fourth-order valence-corrected chi connectivity index (χ4v) is 1.60. The second kappa shape index (κ2) is 6.96. The predicted octanol–water partition coefficient (Wildman–Crippen LogP) is 1.02. The van der Waals surface area contributed by atoms with Gasteiger partial charge in [0.15, 0.2) is 0 Å². The van der Waals surface area contributed by atoms with Gasteiger partial charge in [-0.1, -0.05) is 6.07 Å². The Morgan fingerprint density at radius 3 is 2.53 bits per heavy atom. The van der Waals surface area contributed by atoms with Crippen LogP contribution in [0.2, 0.25) is 0 Å². The lowest BCUT2D eigenvalue weighted by molar-refractivity contribution is -0.136. The molecule has 0 radical (unpaired) electrons. The number of carboxylic acids is 2. The van der Waals surface area contributed by atoms with E-state index in [-0.39, 0.29) is 30.0 Å². The third-order valence-electron chi connectivity index (χ3n) is 2.40. The number of benzene rings is 1. The number of alkyl halides is 1. The van der Waals surface area contributed by atoms with E-state index in [2.05, 4.69) is 5.32 Å². The van der Waals surface area contributed by atoms with Crippen molar-refractivity contribution in [3.63, 3.8) is 0 Å². The standard InChI is InChI=1S/C12H14ClNO5/c13-5-9(15)6-14-8-2-1-7(3-11(16)17)10(4-8)12(18)19/h1-2,4,9,14-15H,3,5-6H2,(H,16,17)(H,18,19). The second-order valence-corrected chi connectivity index (χ2v) is 4.25. The van der Waals surface area contributed by atoms with Gasteiger partial charge in [0.25, 0.3) is 0 Å². The highest BCUT2D eigenvalue weighted by atomic mass is 35.5. The molecule has 0 aliphatic rings. The van der Waals surface area contributed by atoms with E-state index in [1.807, 2.05) is 0 Å². The first-order valence-electron chi connectivity index (χ1n) is 5.50. The lowest BCUT2D eigenvalue weighted by Crippen LogP contribution is -2.21. The molecule has 1 aromatic carbocycles. The maximum Gasteiger partial charge on any atom is 0.336 e. The van der Waals surface area contributed by atoms with Gasteiger partial charge in [-0.05, 0) is 17.7 Å². The summed E-state index contributed by atoms with van der Waals surface area (Å²) in [6.45, 7) is 0.181. The van der Waals surface area contributed by atoms with E-state index in [0.29, 0.717) is 5.69 Å². The Morgan fingerprint density at radius 1 is 1.32 bits per heavy atom. The maximum atomic E-state index is 11.1. The normalized spacial score (nSPS) is 11.9.